The average Bonchev–Trinajstić information content (AvgIpc) is 2.67. The van der Waals surface area contributed by atoms with Crippen LogP contribution in [-0.4, -0.2) is 57.6 Å². The molecule has 0 aromatic heterocycles. The number of guanidine groups is 1. The third kappa shape index (κ3) is 7.44. The van der Waals surface area contributed by atoms with E-state index in [9.17, 15) is 18.5 Å². The van der Waals surface area contributed by atoms with Gasteiger partial charge in [0.2, 0.25) is 0 Å². The average molecular weight is 547 g/mol. The topological polar surface area (TPSA) is 117 Å². The molecule has 30 heavy (non-hydrogen) atoms. The van der Waals surface area contributed by atoms with E-state index in [0.29, 0.717) is 25.6 Å². The highest BCUT2D eigenvalue weighted by molar-refractivity contribution is 14.0. The minimum Gasteiger partial charge on any atom is -0.378 e. The van der Waals surface area contributed by atoms with Crippen LogP contribution in [0.15, 0.2) is 58.4 Å². The Morgan fingerprint density at radius 3 is 2.40 bits per heavy atom. The molecule has 0 saturated heterocycles. The second-order valence-electron chi connectivity index (χ2n) is 6.45. The third-order valence-corrected chi connectivity index (χ3v) is 5.26. The first kappa shape index (κ1) is 25.6. The van der Waals surface area contributed by atoms with Crippen LogP contribution in [0.1, 0.15) is 5.56 Å². The van der Waals surface area contributed by atoms with Gasteiger partial charge in [0.15, 0.2) is 15.8 Å². The van der Waals surface area contributed by atoms with Crippen molar-refractivity contribution < 1.29 is 13.3 Å². The Balaban J connectivity index is 0.00000450. The number of aliphatic imine (C=N–C) groups is 1. The van der Waals surface area contributed by atoms with E-state index in [1.54, 1.807) is 7.05 Å². The van der Waals surface area contributed by atoms with Crippen LogP contribution in [0.25, 0.3) is 0 Å². The van der Waals surface area contributed by atoms with Crippen LogP contribution in [0.4, 0.5) is 11.4 Å². The molecule has 0 heterocycles. The highest BCUT2D eigenvalue weighted by atomic mass is 127. The monoisotopic (exact) mass is 547 g/mol. The summed E-state index contributed by atoms with van der Waals surface area (Å²) in [6.07, 6.45) is 1.01. The molecule has 0 saturated carbocycles. The maximum absolute atomic E-state index is 11.6. The molecule has 2 rings (SSSR count). The van der Waals surface area contributed by atoms with E-state index in [4.69, 9.17) is 0 Å². The molecule has 2 aromatic rings. The number of anilines is 1. The highest BCUT2D eigenvalue weighted by Gasteiger charge is 2.18. The van der Waals surface area contributed by atoms with Crippen molar-refractivity contribution >= 4 is 51.1 Å². The van der Waals surface area contributed by atoms with Crippen molar-refractivity contribution in [2.75, 3.05) is 38.8 Å². The lowest BCUT2D eigenvalue weighted by atomic mass is 10.2. The van der Waals surface area contributed by atoms with Gasteiger partial charge in [-0.25, -0.2) is 8.42 Å². The minimum absolute atomic E-state index is 0. The predicted octanol–water partition coefficient (Wildman–Crippen LogP) is 2.74. The van der Waals surface area contributed by atoms with Gasteiger partial charge in [0, 0.05) is 46.1 Å². The molecule has 164 valence electrons. The second kappa shape index (κ2) is 11.7. The Morgan fingerprint density at radius 2 is 1.83 bits per heavy atom. The summed E-state index contributed by atoms with van der Waals surface area (Å²) in [5, 5.41) is 17.4. The quantitative estimate of drug-likeness (QED) is 0.130. The summed E-state index contributed by atoms with van der Waals surface area (Å²) in [7, 11) is 0.0910. The van der Waals surface area contributed by atoms with Crippen LogP contribution >= 0.6 is 24.0 Å². The Kier molecular flexibility index (Phi) is 9.99. The fourth-order valence-electron chi connectivity index (χ4n) is 2.73. The summed E-state index contributed by atoms with van der Waals surface area (Å²) >= 11 is 0. The van der Waals surface area contributed by atoms with Crippen molar-refractivity contribution in [2.24, 2.45) is 4.99 Å². The molecule has 0 aliphatic rings. The Labute approximate surface area is 193 Å². The van der Waals surface area contributed by atoms with E-state index in [1.807, 2.05) is 42.3 Å². The van der Waals surface area contributed by atoms with E-state index in [0.717, 1.165) is 17.9 Å². The number of nitrogens with zero attached hydrogens (tertiary/aromatic N) is 3. The third-order valence-electron chi connectivity index (χ3n) is 4.15. The standard InChI is InChI=1S/C19H25N5O4S.HI/c1-20-19(23(2)14-15-7-5-4-6-8-15)22-12-11-21-17-10-9-16(29(3,27)28)13-18(17)24(25)26;/h4-10,13,21H,11-12,14H2,1-3H3,(H,20,22);1H. The van der Waals surface area contributed by atoms with Crippen LogP contribution in [-0.2, 0) is 16.4 Å². The van der Waals surface area contributed by atoms with Gasteiger partial charge in [0.05, 0.1) is 9.82 Å². The predicted molar refractivity (Wildman–Crippen MR) is 129 cm³/mol. The molecular weight excluding hydrogens is 521 g/mol. The van der Waals surface area contributed by atoms with Crippen molar-refractivity contribution in [3.63, 3.8) is 0 Å². The van der Waals surface area contributed by atoms with Crippen molar-refractivity contribution in [2.45, 2.75) is 11.4 Å². The summed E-state index contributed by atoms with van der Waals surface area (Å²) in [5.74, 6) is 0.692. The SMILES string of the molecule is CN=C(NCCNc1ccc(S(C)(=O)=O)cc1[N+](=O)[O-])N(C)Cc1ccccc1.I. The number of hydrogen-bond acceptors (Lipinski definition) is 6. The number of nitrogens with one attached hydrogen (secondary N) is 2. The van der Waals surface area contributed by atoms with Gasteiger partial charge in [-0.15, -0.1) is 24.0 Å². The van der Waals surface area contributed by atoms with E-state index in [2.05, 4.69) is 15.6 Å². The largest absolute Gasteiger partial charge is 0.378 e. The van der Waals surface area contributed by atoms with E-state index < -0.39 is 14.8 Å². The van der Waals surface area contributed by atoms with Crippen LogP contribution in [0.2, 0.25) is 0 Å². The zero-order valence-corrected chi connectivity index (χ0v) is 20.2. The van der Waals surface area contributed by atoms with Gasteiger partial charge >= 0.3 is 0 Å². The maximum atomic E-state index is 11.6. The number of halogens is 1. The molecule has 0 radical (unpaired) electrons. The van der Waals surface area contributed by atoms with Gasteiger partial charge in [-0.05, 0) is 17.7 Å². The molecule has 0 amide bonds. The lowest BCUT2D eigenvalue weighted by molar-refractivity contribution is -0.384. The number of nitro benzene ring substituents is 1. The number of benzene rings is 2. The van der Waals surface area contributed by atoms with Gasteiger partial charge in [-0.2, -0.15) is 0 Å². The lowest BCUT2D eigenvalue weighted by Crippen LogP contribution is -2.40. The molecule has 2 N–H and O–H groups in total. The van der Waals surface area contributed by atoms with Crippen LogP contribution in [0.5, 0.6) is 0 Å². The van der Waals surface area contributed by atoms with Gasteiger partial charge in [0.1, 0.15) is 5.69 Å². The molecule has 0 fully saturated rings. The number of rotatable bonds is 8. The molecule has 0 atom stereocenters. The van der Waals surface area contributed by atoms with Crippen LogP contribution in [0.3, 0.4) is 0 Å². The maximum Gasteiger partial charge on any atom is 0.293 e. The summed E-state index contributed by atoms with van der Waals surface area (Å²) in [4.78, 5) is 16.8. The Hall–Kier alpha value is -2.41. The molecule has 2 aromatic carbocycles. The summed E-state index contributed by atoms with van der Waals surface area (Å²) in [6, 6.07) is 13.8. The number of hydrogen-bond donors (Lipinski definition) is 2. The van der Waals surface area contributed by atoms with Gasteiger partial charge < -0.3 is 15.5 Å². The summed E-state index contributed by atoms with van der Waals surface area (Å²) in [5.41, 5.74) is 1.13. The van der Waals surface area contributed by atoms with E-state index in [1.165, 1.54) is 12.1 Å². The van der Waals surface area contributed by atoms with E-state index >= 15 is 0 Å². The van der Waals surface area contributed by atoms with Crippen LogP contribution < -0.4 is 10.6 Å². The van der Waals surface area contributed by atoms with Crippen molar-refractivity contribution in [3.8, 4) is 0 Å². The summed E-state index contributed by atoms with van der Waals surface area (Å²) in [6.45, 7) is 1.54. The number of sulfone groups is 1. The highest BCUT2D eigenvalue weighted by Crippen LogP contribution is 2.27. The van der Waals surface area contributed by atoms with Crippen molar-refractivity contribution in [3.05, 3.63) is 64.2 Å². The molecule has 0 unspecified atom stereocenters. The first-order chi connectivity index (χ1) is 13.7. The van der Waals surface area contributed by atoms with E-state index in [-0.39, 0.29) is 40.2 Å². The van der Waals surface area contributed by atoms with Crippen LogP contribution in [0, 0.1) is 10.1 Å². The lowest BCUT2D eigenvalue weighted by Gasteiger charge is -2.22. The van der Waals surface area contributed by atoms with Crippen molar-refractivity contribution in [1.82, 2.24) is 10.2 Å². The van der Waals surface area contributed by atoms with Gasteiger partial charge in [-0.1, -0.05) is 30.3 Å². The minimum atomic E-state index is -3.52. The summed E-state index contributed by atoms with van der Waals surface area (Å²) < 4.78 is 23.2. The number of nitro groups is 1. The second-order valence-corrected chi connectivity index (χ2v) is 8.47. The Bertz CT molecular complexity index is 984. The molecule has 0 aliphatic carbocycles. The molecule has 0 aliphatic heterocycles. The first-order valence-corrected chi connectivity index (χ1v) is 10.8. The Morgan fingerprint density at radius 1 is 1.17 bits per heavy atom. The van der Waals surface area contributed by atoms with Gasteiger partial charge in [0.25, 0.3) is 5.69 Å². The normalized spacial score (nSPS) is 11.4. The zero-order chi connectivity index (χ0) is 21.4. The fraction of sp³-hybridized carbons (Fsp3) is 0.316. The molecule has 0 bridgehead atoms. The zero-order valence-electron chi connectivity index (χ0n) is 17.0. The molecular formula is C19H26IN5O4S. The van der Waals surface area contributed by atoms with Crippen molar-refractivity contribution in [1.29, 1.82) is 0 Å². The molecule has 0 spiro atoms. The fourth-order valence-corrected chi connectivity index (χ4v) is 3.37. The van der Waals surface area contributed by atoms with Gasteiger partial charge in [-0.3, -0.25) is 15.1 Å². The smallest absolute Gasteiger partial charge is 0.293 e. The first-order valence-electron chi connectivity index (χ1n) is 8.90. The molecule has 9 nitrogen and oxygen atoms in total. The molecule has 11 heteroatoms.